The molecule has 1 N–H and O–H groups in total. The van der Waals surface area contributed by atoms with E-state index in [9.17, 15) is 9.18 Å². The summed E-state index contributed by atoms with van der Waals surface area (Å²) in [6.07, 6.45) is 1.83. The summed E-state index contributed by atoms with van der Waals surface area (Å²) >= 11 is 0. The summed E-state index contributed by atoms with van der Waals surface area (Å²) in [5.41, 5.74) is 1.54. The van der Waals surface area contributed by atoms with Gasteiger partial charge in [-0.05, 0) is 48.4 Å². The summed E-state index contributed by atoms with van der Waals surface area (Å²) in [6.45, 7) is 4.46. The number of anilines is 3. The molecule has 30 heavy (non-hydrogen) atoms. The molecule has 1 fully saturated rings. The first-order chi connectivity index (χ1) is 14.6. The molecule has 154 valence electrons. The number of hydrogen-bond acceptors (Lipinski definition) is 6. The number of aryl methyl sites for hydroxylation is 1. The highest BCUT2D eigenvalue weighted by molar-refractivity contribution is 5.79. The predicted molar refractivity (Wildman–Crippen MR) is 113 cm³/mol. The average Bonchev–Trinajstić information content (AvgIpc) is 2.76. The summed E-state index contributed by atoms with van der Waals surface area (Å²) in [7, 11) is 0. The molecular weight excluding hydrogens is 383 g/mol. The van der Waals surface area contributed by atoms with E-state index in [0.717, 1.165) is 17.2 Å². The van der Waals surface area contributed by atoms with Crippen molar-refractivity contribution in [3.05, 3.63) is 71.7 Å². The van der Waals surface area contributed by atoms with Crippen LogP contribution in [0.1, 0.15) is 11.1 Å². The number of nitrogens with zero attached hydrogens (tertiary/aromatic N) is 5. The molecule has 1 saturated heterocycles. The van der Waals surface area contributed by atoms with Crippen molar-refractivity contribution in [1.82, 2.24) is 20.1 Å². The molecule has 3 aromatic rings. The second kappa shape index (κ2) is 8.86. The Kier molecular flexibility index (Phi) is 5.83. The maximum atomic E-state index is 13.8. The van der Waals surface area contributed by atoms with Gasteiger partial charge in [-0.2, -0.15) is 0 Å². The molecule has 0 unspecified atom stereocenters. The van der Waals surface area contributed by atoms with Crippen molar-refractivity contribution in [3.8, 4) is 0 Å². The fraction of sp³-hybridized carbons (Fsp3) is 0.273. The summed E-state index contributed by atoms with van der Waals surface area (Å²) in [6, 6.07) is 14.0. The van der Waals surface area contributed by atoms with Crippen LogP contribution in [0.4, 0.5) is 21.8 Å². The molecule has 1 aromatic carbocycles. The first kappa shape index (κ1) is 19.8. The summed E-state index contributed by atoms with van der Waals surface area (Å²) in [5, 5.41) is 11.7. The fourth-order valence-electron chi connectivity index (χ4n) is 3.40. The molecule has 1 amide bonds. The number of amides is 1. The number of pyridine rings is 1. The van der Waals surface area contributed by atoms with Crippen molar-refractivity contribution in [1.29, 1.82) is 0 Å². The second-order valence-corrected chi connectivity index (χ2v) is 7.26. The minimum absolute atomic E-state index is 0.0592. The Morgan fingerprint density at radius 3 is 2.53 bits per heavy atom. The highest BCUT2D eigenvalue weighted by Gasteiger charge is 2.22. The molecule has 0 spiro atoms. The van der Waals surface area contributed by atoms with Crippen LogP contribution in [0.2, 0.25) is 0 Å². The van der Waals surface area contributed by atoms with E-state index in [1.165, 1.54) is 6.07 Å². The molecule has 0 aliphatic carbocycles. The van der Waals surface area contributed by atoms with Crippen LogP contribution in [0.15, 0.2) is 54.7 Å². The van der Waals surface area contributed by atoms with Crippen LogP contribution >= 0.6 is 0 Å². The Labute approximate surface area is 174 Å². The maximum absolute atomic E-state index is 13.8. The number of aromatic nitrogens is 3. The number of hydrogen-bond donors (Lipinski definition) is 1. The highest BCUT2D eigenvalue weighted by Crippen LogP contribution is 2.18. The fourth-order valence-corrected chi connectivity index (χ4v) is 3.40. The topological polar surface area (TPSA) is 74.2 Å². The van der Waals surface area contributed by atoms with E-state index in [-0.39, 0.29) is 18.1 Å². The Bertz CT molecular complexity index is 1020. The van der Waals surface area contributed by atoms with Crippen molar-refractivity contribution in [3.63, 3.8) is 0 Å². The van der Waals surface area contributed by atoms with Gasteiger partial charge in [-0.25, -0.2) is 9.37 Å². The lowest BCUT2D eigenvalue weighted by atomic mass is 10.1. The third-order valence-electron chi connectivity index (χ3n) is 5.08. The molecule has 1 aliphatic rings. The SMILES string of the molecule is Cc1ccnc(Nc2ccc(N3CCN(C(=O)Cc4ccccc4F)CC3)nn2)c1. The Morgan fingerprint density at radius 2 is 1.83 bits per heavy atom. The van der Waals surface area contributed by atoms with Gasteiger partial charge in [0.15, 0.2) is 11.6 Å². The molecule has 8 heteroatoms. The molecule has 2 aromatic heterocycles. The van der Waals surface area contributed by atoms with Crippen molar-refractivity contribution in [2.45, 2.75) is 13.3 Å². The largest absolute Gasteiger partial charge is 0.352 e. The number of nitrogens with one attached hydrogen (secondary N) is 1. The molecule has 0 atom stereocenters. The van der Waals surface area contributed by atoms with E-state index in [0.29, 0.717) is 37.6 Å². The van der Waals surface area contributed by atoms with Gasteiger partial charge in [0.1, 0.15) is 11.6 Å². The molecule has 7 nitrogen and oxygen atoms in total. The van der Waals surface area contributed by atoms with Gasteiger partial charge in [0.2, 0.25) is 5.91 Å². The van der Waals surface area contributed by atoms with Gasteiger partial charge >= 0.3 is 0 Å². The number of piperazine rings is 1. The minimum atomic E-state index is -0.339. The van der Waals surface area contributed by atoms with E-state index in [1.807, 2.05) is 31.2 Å². The van der Waals surface area contributed by atoms with E-state index in [4.69, 9.17) is 0 Å². The average molecular weight is 406 g/mol. The predicted octanol–water partition coefficient (Wildman–Crippen LogP) is 2.95. The van der Waals surface area contributed by atoms with Gasteiger partial charge in [-0.3, -0.25) is 4.79 Å². The van der Waals surface area contributed by atoms with Gasteiger partial charge in [0, 0.05) is 32.4 Å². The molecule has 1 aliphatic heterocycles. The monoisotopic (exact) mass is 406 g/mol. The zero-order chi connectivity index (χ0) is 20.9. The van der Waals surface area contributed by atoms with Gasteiger partial charge in [0.25, 0.3) is 0 Å². The van der Waals surface area contributed by atoms with E-state index in [1.54, 1.807) is 29.3 Å². The van der Waals surface area contributed by atoms with Crippen LogP contribution in [0.5, 0.6) is 0 Å². The van der Waals surface area contributed by atoms with Gasteiger partial charge in [-0.1, -0.05) is 18.2 Å². The van der Waals surface area contributed by atoms with Crippen LogP contribution in [0.3, 0.4) is 0 Å². The number of rotatable bonds is 5. The lowest BCUT2D eigenvalue weighted by Gasteiger charge is -2.35. The first-order valence-electron chi connectivity index (χ1n) is 9.88. The van der Waals surface area contributed by atoms with Crippen molar-refractivity contribution < 1.29 is 9.18 Å². The zero-order valence-electron chi connectivity index (χ0n) is 16.8. The van der Waals surface area contributed by atoms with Crippen LogP contribution in [0, 0.1) is 12.7 Å². The van der Waals surface area contributed by atoms with Crippen LogP contribution in [-0.2, 0) is 11.2 Å². The lowest BCUT2D eigenvalue weighted by Crippen LogP contribution is -2.49. The number of halogens is 1. The maximum Gasteiger partial charge on any atom is 0.227 e. The molecule has 3 heterocycles. The van der Waals surface area contributed by atoms with Crippen LogP contribution < -0.4 is 10.2 Å². The molecule has 0 saturated carbocycles. The molecular formula is C22H23FN6O. The third-order valence-corrected chi connectivity index (χ3v) is 5.08. The smallest absolute Gasteiger partial charge is 0.227 e. The minimum Gasteiger partial charge on any atom is -0.352 e. The number of benzene rings is 1. The molecule has 0 radical (unpaired) electrons. The van der Waals surface area contributed by atoms with Crippen LogP contribution in [-0.4, -0.2) is 52.2 Å². The standard InChI is InChI=1S/C22H23FN6O/c1-16-8-9-24-20(14-16)25-19-6-7-21(27-26-19)28-10-12-29(13-11-28)22(30)15-17-4-2-3-5-18(17)23/h2-9,14H,10-13,15H2,1H3,(H,24,25,26). The van der Waals surface area contributed by atoms with Gasteiger partial charge < -0.3 is 15.1 Å². The van der Waals surface area contributed by atoms with E-state index >= 15 is 0 Å². The Balaban J connectivity index is 1.31. The quantitative estimate of drug-likeness (QED) is 0.702. The summed E-state index contributed by atoms with van der Waals surface area (Å²) in [5.74, 6) is 1.71. The van der Waals surface area contributed by atoms with E-state index in [2.05, 4.69) is 25.4 Å². The van der Waals surface area contributed by atoms with Crippen molar-refractivity contribution in [2.75, 3.05) is 36.4 Å². The Hall–Kier alpha value is -3.55. The first-order valence-corrected chi connectivity index (χ1v) is 9.88. The second-order valence-electron chi connectivity index (χ2n) is 7.26. The van der Waals surface area contributed by atoms with Crippen molar-refractivity contribution in [2.24, 2.45) is 0 Å². The number of carbonyl (C=O) groups excluding carboxylic acids is 1. The van der Waals surface area contributed by atoms with Gasteiger partial charge in [-0.15, -0.1) is 10.2 Å². The molecule has 0 bridgehead atoms. The zero-order valence-corrected chi connectivity index (χ0v) is 16.8. The normalized spacial score (nSPS) is 13.9. The van der Waals surface area contributed by atoms with Crippen molar-refractivity contribution >= 4 is 23.4 Å². The molecule has 4 rings (SSSR count). The van der Waals surface area contributed by atoms with Crippen LogP contribution in [0.25, 0.3) is 0 Å². The third kappa shape index (κ3) is 4.71. The van der Waals surface area contributed by atoms with Gasteiger partial charge in [0.05, 0.1) is 6.42 Å². The lowest BCUT2D eigenvalue weighted by molar-refractivity contribution is -0.130. The number of carbonyl (C=O) groups is 1. The summed E-state index contributed by atoms with van der Waals surface area (Å²) in [4.78, 5) is 20.6. The van der Waals surface area contributed by atoms with E-state index < -0.39 is 0 Å². The highest BCUT2D eigenvalue weighted by atomic mass is 19.1. The summed E-state index contributed by atoms with van der Waals surface area (Å²) < 4.78 is 13.8. The Morgan fingerprint density at radius 1 is 1.03 bits per heavy atom.